The van der Waals surface area contributed by atoms with Gasteiger partial charge in [-0.25, -0.2) is 4.98 Å². The molecule has 2 aliphatic rings. The monoisotopic (exact) mass is 370 g/mol. The molecule has 6 heteroatoms. The molecule has 0 unspecified atom stereocenters. The number of carbonyl (C=O) groups is 1. The second-order valence-electron chi connectivity index (χ2n) is 8.05. The van der Waals surface area contributed by atoms with Gasteiger partial charge in [-0.05, 0) is 69.7 Å². The second-order valence-corrected chi connectivity index (χ2v) is 8.05. The quantitative estimate of drug-likeness (QED) is 0.898. The summed E-state index contributed by atoms with van der Waals surface area (Å²) in [7, 11) is 0. The normalized spacial score (nSPS) is 19.7. The minimum Gasteiger partial charge on any atom is -0.396 e. The fourth-order valence-corrected chi connectivity index (χ4v) is 4.36. The zero-order valence-electron chi connectivity index (χ0n) is 16.2. The third-order valence-corrected chi connectivity index (χ3v) is 6.13. The van der Waals surface area contributed by atoms with E-state index in [1.165, 1.54) is 6.42 Å². The molecule has 4 heterocycles. The Balaban J connectivity index is 1.65. The second kappa shape index (κ2) is 7.98. The zero-order chi connectivity index (χ0) is 18.8. The van der Waals surface area contributed by atoms with Gasteiger partial charge in [0.15, 0.2) is 5.69 Å². The molecular formula is C21H30N4O2. The summed E-state index contributed by atoms with van der Waals surface area (Å²) in [6, 6.07) is 4.08. The average Bonchev–Trinajstić information content (AvgIpc) is 3.08. The Morgan fingerprint density at radius 3 is 2.63 bits per heavy atom. The average molecular weight is 370 g/mol. The smallest absolute Gasteiger partial charge is 0.274 e. The van der Waals surface area contributed by atoms with E-state index < -0.39 is 0 Å². The number of pyridine rings is 1. The van der Waals surface area contributed by atoms with Crippen molar-refractivity contribution in [2.75, 3.05) is 32.8 Å². The van der Waals surface area contributed by atoms with Gasteiger partial charge in [0.2, 0.25) is 0 Å². The molecule has 2 aromatic heterocycles. The van der Waals surface area contributed by atoms with Crippen LogP contribution in [-0.4, -0.2) is 63.0 Å². The van der Waals surface area contributed by atoms with Crippen LogP contribution in [0.2, 0.25) is 0 Å². The van der Waals surface area contributed by atoms with Crippen molar-refractivity contribution in [2.24, 2.45) is 5.92 Å². The van der Waals surface area contributed by atoms with Crippen molar-refractivity contribution < 1.29 is 9.90 Å². The summed E-state index contributed by atoms with van der Waals surface area (Å²) >= 11 is 0. The molecule has 0 saturated carbocycles. The summed E-state index contributed by atoms with van der Waals surface area (Å²) in [6.45, 7) is 6.66. The number of piperidine rings is 2. The molecule has 6 nitrogen and oxygen atoms in total. The predicted molar refractivity (Wildman–Crippen MR) is 105 cm³/mol. The number of hydrogen-bond acceptors (Lipinski definition) is 4. The number of aryl methyl sites for hydroxylation is 1. The van der Waals surface area contributed by atoms with E-state index in [0.717, 1.165) is 75.3 Å². The summed E-state index contributed by atoms with van der Waals surface area (Å²) in [5, 5.41) is 9.38. The highest BCUT2D eigenvalue weighted by Crippen LogP contribution is 2.24. The summed E-state index contributed by atoms with van der Waals surface area (Å²) in [5.41, 5.74) is 3.61. The molecule has 0 atom stereocenters. The number of hydrogen-bond donors (Lipinski definition) is 1. The Bertz CT molecular complexity index is 802. The highest BCUT2D eigenvalue weighted by molar-refractivity contribution is 5.94. The molecule has 27 heavy (non-hydrogen) atoms. The molecule has 0 aromatic carbocycles. The molecule has 1 N–H and O–H groups in total. The molecule has 146 valence electrons. The highest BCUT2D eigenvalue weighted by Gasteiger charge is 2.27. The van der Waals surface area contributed by atoms with Crippen LogP contribution in [-0.2, 0) is 6.54 Å². The van der Waals surface area contributed by atoms with Gasteiger partial charge in [-0.2, -0.15) is 0 Å². The lowest BCUT2D eigenvalue weighted by atomic mass is 9.98. The largest absolute Gasteiger partial charge is 0.396 e. The number of aliphatic hydroxyl groups excluding tert-OH is 1. The number of carbonyl (C=O) groups excluding carboxylic acids is 1. The SMILES string of the molecule is Cc1cccn2c(CN3CCC(CO)CC3)c(C(=O)N3CCCCC3)nc12. The Kier molecular flexibility index (Phi) is 5.45. The Morgan fingerprint density at radius 2 is 1.93 bits per heavy atom. The number of nitrogens with zero attached hydrogens (tertiary/aromatic N) is 4. The minimum atomic E-state index is 0.0815. The fourth-order valence-electron chi connectivity index (χ4n) is 4.36. The Morgan fingerprint density at radius 1 is 1.19 bits per heavy atom. The fraction of sp³-hybridized carbons (Fsp3) is 0.619. The molecular weight excluding hydrogens is 340 g/mol. The van der Waals surface area contributed by atoms with Crippen LogP contribution in [0.4, 0.5) is 0 Å². The summed E-state index contributed by atoms with van der Waals surface area (Å²) < 4.78 is 2.10. The minimum absolute atomic E-state index is 0.0815. The number of rotatable bonds is 4. The highest BCUT2D eigenvalue weighted by atomic mass is 16.3. The molecule has 2 fully saturated rings. The molecule has 2 saturated heterocycles. The van der Waals surface area contributed by atoms with Crippen LogP contribution in [0.5, 0.6) is 0 Å². The Labute approximate surface area is 160 Å². The third-order valence-electron chi connectivity index (χ3n) is 6.13. The summed E-state index contributed by atoms with van der Waals surface area (Å²) in [6.07, 6.45) is 7.44. The molecule has 4 rings (SSSR count). The lowest BCUT2D eigenvalue weighted by Gasteiger charge is -2.31. The van der Waals surface area contributed by atoms with Crippen LogP contribution in [0, 0.1) is 12.8 Å². The molecule has 1 amide bonds. The van der Waals surface area contributed by atoms with Gasteiger partial charge in [-0.3, -0.25) is 9.69 Å². The molecule has 2 aromatic rings. The van der Waals surface area contributed by atoms with Crippen LogP contribution in [0.3, 0.4) is 0 Å². The van der Waals surface area contributed by atoms with E-state index in [-0.39, 0.29) is 12.5 Å². The van der Waals surface area contributed by atoms with E-state index in [4.69, 9.17) is 4.98 Å². The van der Waals surface area contributed by atoms with Crippen molar-refractivity contribution >= 4 is 11.6 Å². The first-order valence-electron chi connectivity index (χ1n) is 10.3. The van der Waals surface area contributed by atoms with Crippen molar-refractivity contribution in [1.82, 2.24) is 19.2 Å². The van der Waals surface area contributed by atoms with E-state index in [0.29, 0.717) is 11.6 Å². The van der Waals surface area contributed by atoms with E-state index in [9.17, 15) is 9.90 Å². The van der Waals surface area contributed by atoms with Gasteiger partial charge >= 0.3 is 0 Å². The van der Waals surface area contributed by atoms with Crippen molar-refractivity contribution in [3.05, 3.63) is 35.3 Å². The van der Waals surface area contributed by atoms with Crippen LogP contribution in [0.1, 0.15) is 53.8 Å². The van der Waals surface area contributed by atoms with Crippen LogP contribution in [0.25, 0.3) is 5.65 Å². The van der Waals surface area contributed by atoms with Gasteiger partial charge in [-0.1, -0.05) is 6.07 Å². The maximum absolute atomic E-state index is 13.2. The first kappa shape index (κ1) is 18.4. The van der Waals surface area contributed by atoms with Gasteiger partial charge in [0.1, 0.15) is 5.65 Å². The van der Waals surface area contributed by atoms with Crippen LogP contribution in [0.15, 0.2) is 18.3 Å². The summed E-state index contributed by atoms with van der Waals surface area (Å²) in [5.74, 6) is 0.498. The number of fused-ring (bicyclic) bond motifs is 1. The van der Waals surface area contributed by atoms with Crippen molar-refractivity contribution in [2.45, 2.75) is 45.6 Å². The van der Waals surface area contributed by atoms with Gasteiger partial charge in [0.05, 0.1) is 5.69 Å². The maximum Gasteiger partial charge on any atom is 0.274 e. The number of likely N-dealkylation sites (tertiary alicyclic amines) is 2. The third kappa shape index (κ3) is 3.73. The Hall–Kier alpha value is -1.92. The van der Waals surface area contributed by atoms with Crippen molar-refractivity contribution in [3.8, 4) is 0 Å². The van der Waals surface area contributed by atoms with Gasteiger partial charge in [0.25, 0.3) is 5.91 Å². The van der Waals surface area contributed by atoms with Gasteiger partial charge < -0.3 is 14.4 Å². The predicted octanol–water partition coefficient (Wildman–Crippen LogP) is 2.47. The van der Waals surface area contributed by atoms with Gasteiger partial charge in [0, 0.05) is 32.4 Å². The molecule has 0 aliphatic carbocycles. The van der Waals surface area contributed by atoms with E-state index in [1.54, 1.807) is 0 Å². The maximum atomic E-state index is 13.2. The topological polar surface area (TPSA) is 61.1 Å². The zero-order valence-corrected chi connectivity index (χ0v) is 16.2. The number of aromatic nitrogens is 2. The number of amides is 1. The van der Waals surface area contributed by atoms with Crippen molar-refractivity contribution in [3.63, 3.8) is 0 Å². The van der Waals surface area contributed by atoms with E-state index in [2.05, 4.69) is 9.30 Å². The lowest BCUT2D eigenvalue weighted by molar-refractivity contribution is 0.0715. The van der Waals surface area contributed by atoms with E-state index in [1.807, 2.05) is 30.2 Å². The molecule has 0 bridgehead atoms. The van der Waals surface area contributed by atoms with E-state index >= 15 is 0 Å². The van der Waals surface area contributed by atoms with Crippen molar-refractivity contribution in [1.29, 1.82) is 0 Å². The van der Waals surface area contributed by atoms with Crippen LogP contribution >= 0.6 is 0 Å². The van der Waals surface area contributed by atoms with Gasteiger partial charge in [-0.15, -0.1) is 0 Å². The number of imidazole rings is 1. The molecule has 0 spiro atoms. The van der Waals surface area contributed by atoms with Crippen LogP contribution < -0.4 is 0 Å². The molecule has 2 aliphatic heterocycles. The standard InChI is InChI=1S/C21H30N4O2/c1-16-6-5-11-25-18(14-23-12-7-17(15-26)8-13-23)19(22-20(16)25)21(27)24-9-3-2-4-10-24/h5-6,11,17,26H,2-4,7-10,12-15H2,1H3. The molecule has 0 radical (unpaired) electrons. The summed E-state index contributed by atoms with van der Waals surface area (Å²) in [4.78, 5) is 22.4. The lowest BCUT2D eigenvalue weighted by Crippen LogP contribution is -2.38. The first-order chi connectivity index (χ1) is 13.2. The number of aliphatic hydroxyl groups is 1. The first-order valence-corrected chi connectivity index (χ1v) is 10.3.